The Hall–Kier alpha value is -4.69. The van der Waals surface area contributed by atoms with Gasteiger partial charge in [-0.25, -0.2) is 18.7 Å². The molecule has 4 N–H and O–H groups in total. The van der Waals surface area contributed by atoms with Crippen LogP contribution in [0.2, 0.25) is 0 Å². The number of likely N-dealkylation sites (tertiary alicyclic amines) is 1. The van der Waals surface area contributed by atoms with Gasteiger partial charge in [0.2, 0.25) is 23.7 Å². The zero-order valence-corrected chi connectivity index (χ0v) is 32.5. The first-order valence-electron chi connectivity index (χ1n) is 20.9. The topological polar surface area (TPSA) is 141 Å². The van der Waals surface area contributed by atoms with Crippen molar-refractivity contribution in [3.05, 3.63) is 65.9 Å². The Labute approximate surface area is 332 Å². The molecule has 0 radical (unpaired) electrons. The highest BCUT2D eigenvalue weighted by atomic mass is 19.1. The summed E-state index contributed by atoms with van der Waals surface area (Å²) in [4.78, 5) is 50.5. The lowest BCUT2D eigenvalue weighted by molar-refractivity contribution is -0.133. The summed E-state index contributed by atoms with van der Waals surface area (Å²) in [5.41, 5.74) is 3.27. The summed E-state index contributed by atoms with van der Waals surface area (Å²) in [5.74, 6) is -0.682. The summed E-state index contributed by atoms with van der Waals surface area (Å²) in [6.07, 6.45) is 10.9. The number of ether oxygens (including phenoxy) is 1. The number of imide groups is 1. The number of morpholine rings is 1. The number of piperidine rings is 2. The first-order valence-corrected chi connectivity index (χ1v) is 20.9. The smallest absolute Gasteiger partial charge is 0.249 e. The molecule has 57 heavy (non-hydrogen) atoms. The predicted molar refractivity (Wildman–Crippen MR) is 214 cm³/mol. The van der Waals surface area contributed by atoms with Gasteiger partial charge in [-0.2, -0.15) is 0 Å². The second-order valence-corrected chi connectivity index (χ2v) is 16.4. The third-order valence-corrected chi connectivity index (χ3v) is 12.8. The molecule has 1 aromatic heterocycles. The number of amides is 3. The molecular weight excluding hydrogens is 731 g/mol. The molecule has 5 fully saturated rings. The molecule has 2 aromatic carbocycles. The van der Waals surface area contributed by atoms with Crippen molar-refractivity contribution in [3.63, 3.8) is 0 Å². The molecule has 3 saturated heterocycles. The fourth-order valence-electron chi connectivity index (χ4n) is 9.45. The van der Waals surface area contributed by atoms with E-state index in [0.717, 1.165) is 102 Å². The lowest BCUT2D eigenvalue weighted by Gasteiger charge is -2.41. The van der Waals surface area contributed by atoms with Gasteiger partial charge >= 0.3 is 0 Å². The molecule has 2 saturated carbocycles. The molecule has 3 amide bonds. The van der Waals surface area contributed by atoms with Gasteiger partial charge in [-0.3, -0.25) is 19.7 Å². The van der Waals surface area contributed by atoms with E-state index in [1.165, 1.54) is 12.3 Å². The molecule has 3 aliphatic heterocycles. The Kier molecular flexibility index (Phi) is 12.3. The second kappa shape index (κ2) is 17.8. The van der Waals surface area contributed by atoms with E-state index in [1.807, 2.05) is 36.4 Å². The van der Waals surface area contributed by atoms with Crippen LogP contribution in [0, 0.1) is 17.6 Å². The highest BCUT2D eigenvalue weighted by Crippen LogP contribution is 2.35. The zero-order chi connectivity index (χ0) is 39.3. The molecule has 5 aliphatic rings. The SMILES string of the molecule is O=C1CCC(Nc2ccc(C3CCN(C4CCC(NC(=O)C5CCC(Nc6ncc(F)c(-c7cccc(N8CCOCC8)c7)n6)CC5)CC4)CC3)c(F)c2)C(=O)N1. The van der Waals surface area contributed by atoms with Gasteiger partial charge in [0.25, 0.3) is 0 Å². The van der Waals surface area contributed by atoms with E-state index >= 15 is 4.39 Å². The number of nitrogens with one attached hydrogen (secondary N) is 4. The minimum atomic E-state index is -0.542. The van der Waals surface area contributed by atoms with Crippen molar-refractivity contribution in [1.82, 2.24) is 25.5 Å². The average Bonchev–Trinajstić information content (AvgIpc) is 3.24. The normalized spacial score (nSPS) is 26.4. The van der Waals surface area contributed by atoms with Crippen LogP contribution in [0.5, 0.6) is 0 Å². The van der Waals surface area contributed by atoms with Crippen molar-refractivity contribution >= 4 is 35.0 Å². The minimum absolute atomic E-state index is 0.0184. The Morgan fingerprint density at radius 3 is 2.30 bits per heavy atom. The fourth-order valence-corrected chi connectivity index (χ4v) is 9.45. The number of hydrogen-bond acceptors (Lipinski definition) is 10. The largest absolute Gasteiger partial charge is 0.378 e. The van der Waals surface area contributed by atoms with Crippen molar-refractivity contribution < 1.29 is 27.9 Å². The highest BCUT2D eigenvalue weighted by Gasteiger charge is 2.33. The van der Waals surface area contributed by atoms with Gasteiger partial charge in [-0.05, 0) is 119 Å². The average molecular weight is 785 g/mol. The molecule has 12 nitrogen and oxygen atoms in total. The van der Waals surface area contributed by atoms with Crippen LogP contribution in [0.3, 0.4) is 0 Å². The number of hydrogen-bond donors (Lipinski definition) is 4. The molecule has 1 atom stereocenters. The summed E-state index contributed by atoms with van der Waals surface area (Å²) in [5, 5.41) is 12.2. The van der Waals surface area contributed by atoms with Gasteiger partial charge < -0.3 is 30.5 Å². The molecule has 8 rings (SSSR count). The van der Waals surface area contributed by atoms with Crippen molar-refractivity contribution in [1.29, 1.82) is 0 Å². The van der Waals surface area contributed by atoms with Gasteiger partial charge in [0, 0.05) is 60.5 Å². The number of carbonyl (C=O) groups excluding carboxylic acids is 3. The maximum atomic E-state index is 15.3. The quantitative estimate of drug-likeness (QED) is 0.188. The van der Waals surface area contributed by atoms with Crippen molar-refractivity contribution in [2.45, 2.75) is 107 Å². The number of halogens is 2. The van der Waals surface area contributed by atoms with Gasteiger partial charge in [0.05, 0.1) is 19.4 Å². The Balaban J connectivity index is 0.750. The second-order valence-electron chi connectivity index (χ2n) is 16.4. The molecule has 4 heterocycles. The van der Waals surface area contributed by atoms with E-state index in [-0.39, 0.29) is 59.6 Å². The van der Waals surface area contributed by atoms with Gasteiger partial charge in [0.15, 0.2) is 5.82 Å². The fraction of sp³-hybridized carbons (Fsp3) is 0.558. The van der Waals surface area contributed by atoms with Gasteiger partial charge in [0.1, 0.15) is 17.6 Å². The van der Waals surface area contributed by atoms with E-state index in [4.69, 9.17) is 4.74 Å². The van der Waals surface area contributed by atoms with Crippen LogP contribution >= 0.6 is 0 Å². The predicted octanol–water partition coefficient (Wildman–Crippen LogP) is 5.75. The summed E-state index contributed by atoms with van der Waals surface area (Å²) in [6, 6.07) is 13.2. The maximum Gasteiger partial charge on any atom is 0.249 e. The third kappa shape index (κ3) is 9.55. The van der Waals surface area contributed by atoms with Crippen molar-refractivity contribution in [2.75, 3.05) is 54.9 Å². The molecule has 2 aliphatic carbocycles. The Bertz CT molecular complexity index is 1900. The summed E-state index contributed by atoms with van der Waals surface area (Å²) in [7, 11) is 0. The third-order valence-electron chi connectivity index (χ3n) is 12.8. The number of rotatable bonds is 10. The molecule has 304 valence electrons. The molecule has 14 heteroatoms. The number of carbonyl (C=O) groups is 3. The zero-order valence-electron chi connectivity index (χ0n) is 32.5. The highest BCUT2D eigenvalue weighted by molar-refractivity contribution is 6.01. The number of nitrogens with zero attached hydrogens (tertiary/aromatic N) is 4. The first kappa shape index (κ1) is 39.2. The molecule has 1 unspecified atom stereocenters. The number of anilines is 3. The summed E-state index contributed by atoms with van der Waals surface area (Å²) < 4.78 is 35.7. The Morgan fingerprint density at radius 2 is 1.56 bits per heavy atom. The van der Waals surface area contributed by atoms with Crippen LogP contribution in [-0.4, -0.2) is 96.1 Å². The van der Waals surface area contributed by atoms with Crippen LogP contribution in [0.15, 0.2) is 48.7 Å². The standard InChI is InChI=1S/C43H54F2N8O4/c44-36-25-32(47-38-14-15-39(54)50-42(38)56)10-13-35(36)27-16-18-52(19-17-27)33-11-8-30(9-12-33)48-41(55)28-4-6-31(7-5-28)49-43-46-26-37(45)40(51-43)29-2-1-3-34(24-29)53-20-22-57-23-21-53/h1-3,10,13,24-28,30-31,33,38,47H,4-9,11-12,14-23H2,(H,48,55)(H,46,49,51)(H,50,54,56). The van der Waals surface area contributed by atoms with Crippen LogP contribution in [-0.2, 0) is 19.1 Å². The minimum Gasteiger partial charge on any atom is -0.378 e. The van der Waals surface area contributed by atoms with Gasteiger partial charge in [-0.15, -0.1) is 0 Å². The molecule has 0 bridgehead atoms. The van der Waals surface area contributed by atoms with E-state index in [1.54, 1.807) is 0 Å². The van der Waals surface area contributed by atoms with Crippen LogP contribution < -0.4 is 26.2 Å². The molecular formula is C43H54F2N8O4. The van der Waals surface area contributed by atoms with Crippen LogP contribution in [0.1, 0.15) is 88.5 Å². The summed E-state index contributed by atoms with van der Waals surface area (Å²) in [6.45, 7) is 4.79. The summed E-state index contributed by atoms with van der Waals surface area (Å²) >= 11 is 0. The molecule has 0 spiro atoms. The maximum absolute atomic E-state index is 15.3. The Morgan fingerprint density at radius 1 is 0.807 bits per heavy atom. The lowest BCUT2D eigenvalue weighted by atomic mass is 9.83. The number of aromatic nitrogens is 2. The van der Waals surface area contributed by atoms with Crippen molar-refractivity contribution in [2.24, 2.45) is 5.92 Å². The van der Waals surface area contributed by atoms with Crippen LogP contribution in [0.25, 0.3) is 11.3 Å². The van der Waals surface area contributed by atoms with E-state index in [0.29, 0.717) is 42.9 Å². The lowest BCUT2D eigenvalue weighted by Crippen LogP contribution is -2.47. The van der Waals surface area contributed by atoms with E-state index in [9.17, 15) is 18.8 Å². The monoisotopic (exact) mass is 784 g/mol. The van der Waals surface area contributed by atoms with Crippen LogP contribution in [0.4, 0.5) is 26.1 Å². The van der Waals surface area contributed by atoms with E-state index in [2.05, 4.69) is 41.0 Å². The molecule has 3 aromatic rings. The van der Waals surface area contributed by atoms with Crippen molar-refractivity contribution in [3.8, 4) is 11.3 Å². The number of benzene rings is 2. The first-order chi connectivity index (χ1) is 27.8. The van der Waals surface area contributed by atoms with Gasteiger partial charge in [-0.1, -0.05) is 18.2 Å². The van der Waals surface area contributed by atoms with E-state index < -0.39 is 11.9 Å².